The van der Waals surface area contributed by atoms with Crippen LogP contribution in [0.15, 0.2) is 47.0 Å². The van der Waals surface area contributed by atoms with Crippen LogP contribution in [0, 0.1) is 19.8 Å². The van der Waals surface area contributed by atoms with Crippen molar-refractivity contribution in [2.24, 2.45) is 5.92 Å². The van der Waals surface area contributed by atoms with Crippen LogP contribution in [0.5, 0.6) is 0 Å². The SMILES string of the molecule is Cc1cc(C[C@@H]2CN(Cc3ccc(C)c4ccccc34)C[C@H]2O)on1. The Balaban J connectivity index is 1.50. The zero-order valence-corrected chi connectivity index (χ0v) is 14.8. The van der Waals surface area contributed by atoms with Crippen LogP contribution in [-0.2, 0) is 13.0 Å². The van der Waals surface area contributed by atoms with Crippen molar-refractivity contribution in [2.75, 3.05) is 13.1 Å². The van der Waals surface area contributed by atoms with Gasteiger partial charge in [-0.15, -0.1) is 0 Å². The highest BCUT2D eigenvalue weighted by atomic mass is 16.5. The van der Waals surface area contributed by atoms with Gasteiger partial charge in [0.25, 0.3) is 0 Å². The largest absolute Gasteiger partial charge is 0.391 e. The summed E-state index contributed by atoms with van der Waals surface area (Å²) in [7, 11) is 0. The Morgan fingerprint density at radius 2 is 1.92 bits per heavy atom. The maximum absolute atomic E-state index is 10.5. The number of hydrogen-bond donors (Lipinski definition) is 1. The summed E-state index contributed by atoms with van der Waals surface area (Å²) < 4.78 is 5.32. The minimum Gasteiger partial charge on any atom is -0.391 e. The molecule has 0 amide bonds. The Bertz CT molecular complexity index is 886. The van der Waals surface area contributed by atoms with Crippen molar-refractivity contribution in [1.82, 2.24) is 10.1 Å². The first-order valence-electron chi connectivity index (χ1n) is 8.90. The van der Waals surface area contributed by atoms with Crippen molar-refractivity contribution >= 4 is 10.8 Å². The second kappa shape index (κ2) is 6.62. The molecule has 2 aromatic carbocycles. The number of aliphatic hydroxyl groups is 1. The summed E-state index contributed by atoms with van der Waals surface area (Å²) in [5.74, 6) is 1.06. The van der Waals surface area contributed by atoms with Crippen molar-refractivity contribution < 1.29 is 9.63 Å². The molecule has 1 aliphatic heterocycles. The molecule has 3 aromatic rings. The van der Waals surface area contributed by atoms with E-state index >= 15 is 0 Å². The van der Waals surface area contributed by atoms with Gasteiger partial charge >= 0.3 is 0 Å². The average molecular weight is 336 g/mol. The fraction of sp³-hybridized carbons (Fsp3) is 0.381. The standard InChI is InChI=1S/C21H24N2O2/c1-14-7-8-16(20-6-4-3-5-19(14)20)11-23-12-17(21(24)13-23)10-18-9-15(2)22-25-18/h3-9,17,21,24H,10-13H2,1-2H3/t17-,21-/m1/s1. The van der Waals surface area contributed by atoms with Crippen molar-refractivity contribution in [1.29, 1.82) is 0 Å². The molecule has 0 unspecified atom stereocenters. The Hall–Kier alpha value is -2.17. The van der Waals surface area contributed by atoms with Crippen LogP contribution in [0.25, 0.3) is 10.8 Å². The van der Waals surface area contributed by atoms with Gasteiger partial charge in [-0.2, -0.15) is 0 Å². The molecule has 0 spiro atoms. The number of hydrogen-bond acceptors (Lipinski definition) is 4. The minimum absolute atomic E-state index is 0.198. The van der Waals surface area contributed by atoms with Crippen molar-refractivity contribution in [2.45, 2.75) is 32.9 Å². The molecule has 4 rings (SSSR count). The second-order valence-electron chi connectivity index (χ2n) is 7.25. The molecule has 0 bridgehead atoms. The van der Waals surface area contributed by atoms with Crippen molar-refractivity contribution in [3.05, 3.63) is 65.0 Å². The summed E-state index contributed by atoms with van der Waals surface area (Å²) in [4.78, 5) is 2.34. The third-order valence-corrected chi connectivity index (χ3v) is 5.25. The Morgan fingerprint density at radius 3 is 2.68 bits per heavy atom. The molecule has 1 aliphatic rings. The molecule has 4 nitrogen and oxygen atoms in total. The number of fused-ring (bicyclic) bond motifs is 1. The molecule has 1 aromatic heterocycles. The number of benzene rings is 2. The van der Waals surface area contributed by atoms with Gasteiger partial charge in [0.05, 0.1) is 11.8 Å². The van der Waals surface area contributed by atoms with E-state index in [1.807, 2.05) is 13.0 Å². The number of rotatable bonds is 4. The fourth-order valence-corrected chi connectivity index (χ4v) is 3.93. The van der Waals surface area contributed by atoms with E-state index < -0.39 is 0 Å². The van der Waals surface area contributed by atoms with E-state index in [0.717, 1.165) is 31.0 Å². The summed E-state index contributed by atoms with van der Waals surface area (Å²) in [6.45, 7) is 6.53. The quantitative estimate of drug-likeness (QED) is 0.792. The number of β-amino-alcohol motifs (C(OH)–C–C–N with tert-alkyl or cyclic N) is 1. The molecule has 4 heteroatoms. The Morgan fingerprint density at radius 1 is 1.12 bits per heavy atom. The molecule has 25 heavy (non-hydrogen) atoms. The zero-order chi connectivity index (χ0) is 17.4. The molecule has 0 saturated carbocycles. The third-order valence-electron chi connectivity index (χ3n) is 5.25. The lowest BCUT2D eigenvalue weighted by Crippen LogP contribution is -2.21. The molecule has 130 valence electrons. The maximum Gasteiger partial charge on any atom is 0.137 e. The lowest BCUT2D eigenvalue weighted by Gasteiger charge is -2.17. The van der Waals surface area contributed by atoms with Crippen molar-refractivity contribution in [3.63, 3.8) is 0 Å². The smallest absolute Gasteiger partial charge is 0.137 e. The molecule has 0 radical (unpaired) electrons. The predicted molar refractivity (Wildman–Crippen MR) is 98.4 cm³/mol. The molecule has 0 aliphatic carbocycles. The van der Waals surface area contributed by atoms with E-state index in [1.165, 1.54) is 21.9 Å². The van der Waals surface area contributed by atoms with Crippen LogP contribution < -0.4 is 0 Å². The minimum atomic E-state index is -0.317. The maximum atomic E-state index is 10.5. The summed E-state index contributed by atoms with van der Waals surface area (Å²) >= 11 is 0. The van der Waals surface area contributed by atoms with E-state index in [1.54, 1.807) is 0 Å². The molecule has 1 saturated heterocycles. The topological polar surface area (TPSA) is 49.5 Å². The normalized spacial score (nSPS) is 21.2. The average Bonchev–Trinajstić information content (AvgIpc) is 3.16. The molecule has 2 atom stereocenters. The first-order chi connectivity index (χ1) is 12.1. The summed E-state index contributed by atoms with van der Waals surface area (Å²) in [6, 6.07) is 14.9. The van der Waals surface area contributed by atoms with Gasteiger partial charge in [0, 0.05) is 38.0 Å². The Kier molecular flexibility index (Phi) is 4.32. The van der Waals surface area contributed by atoms with Crippen LogP contribution in [0.3, 0.4) is 0 Å². The molecule has 2 heterocycles. The number of aryl methyl sites for hydroxylation is 2. The van der Waals surface area contributed by atoms with E-state index in [-0.39, 0.29) is 12.0 Å². The molecular formula is C21H24N2O2. The van der Waals surface area contributed by atoms with Crippen molar-refractivity contribution in [3.8, 4) is 0 Å². The number of aromatic nitrogens is 1. The molecule has 1 N–H and O–H groups in total. The van der Waals surface area contributed by atoms with Gasteiger partial charge in [0.1, 0.15) is 5.76 Å². The van der Waals surface area contributed by atoms with Crippen LogP contribution >= 0.6 is 0 Å². The number of nitrogens with zero attached hydrogens (tertiary/aromatic N) is 2. The fourth-order valence-electron chi connectivity index (χ4n) is 3.93. The van der Waals surface area contributed by atoms with E-state index in [2.05, 4.69) is 53.4 Å². The Labute approximate surface area is 148 Å². The van der Waals surface area contributed by atoms with Gasteiger partial charge in [0.15, 0.2) is 0 Å². The first-order valence-corrected chi connectivity index (χ1v) is 8.90. The third kappa shape index (κ3) is 3.32. The summed E-state index contributed by atoms with van der Waals surface area (Å²) in [5.41, 5.74) is 3.52. The second-order valence-corrected chi connectivity index (χ2v) is 7.25. The van der Waals surface area contributed by atoms with Gasteiger partial charge in [-0.25, -0.2) is 0 Å². The van der Waals surface area contributed by atoms with Gasteiger partial charge < -0.3 is 9.63 Å². The lowest BCUT2D eigenvalue weighted by molar-refractivity contribution is 0.137. The number of aliphatic hydroxyl groups excluding tert-OH is 1. The summed E-state index contributed by atoms with van der Waals surface area (Å²) in [6.07, 6.45) is 0.426. The molecule has 1 fully saturated rings. The van der Waals surface area contributed by atoms with Gasteiger partial charge in [-0.1, -0.05) is 41.6 Å². The summed E-state index contributed by atoms with van der Waals surface area (Å²) in [5, 5.41) is 17.0. The highest BCUT2D eigenvalue weighted by Gasteiger charge is 2.32. The van der Waals surface area contributed by atoms with Gasteiger partial charge in [-0.05, 0) is 35.7 Å². The van der Waals surface area contributed by atoms with Crippen LogP contribution in [0.4, 0.5) is 0 Å². The van der Waals surface area contributed by atoms with Crippen LogP contribution in [-0.4, -0.2) is 34.4 Å². The first kappa shape index (κ1) is 16.3. The van der Waals surface area contributed by atoms with Gasteiger partial charge in [-0.3, -0.25) is 4.90 Å². The highest BCUT2D eigenvalue weighted by molar-refractivity contribution is 5.88. The predicted octanol–water partition coefficient (Wildman–Crippen LogP) is 3.48. The highest BCUT2D eigenvalue weighted by Crippen LogP contribution is 2.27. The molecular weight excluding hydrogens is 312 g/mol. The van der Waals surface area contributed by atoms with Crippen LogP contribution in [0.2, 0.25) is 0 Å². The van der Waals surface area contributed by atoms with Gasteiger partial charge in [0.2, 0.25) is 0 Å². The lowest BCUT2D eigenvalue weighted by atomic mass is 10.00. The van der Waals surface area contributed by atoms with E-state index in [0.29, 0.717) is 6.54 Å². The van der Waals surface area contributed by atoms with E-state index in [4.69, 9.17) is 4.52 Å². The number of likely N-dealkylation sites (tertiary alicyclic amines) is 1. The monoisotopic (exact) mass is 336 g/mol. The zero-order valence-electron chi connectivity index (χ0n) is 14.8. The van der Waals surface area contributed by atoms with Crippen LogP contribution in [0.1, 0.15) is 22.6 Å². The van der Waals surface area contributed by atoms with E-state index in [9.17, 15) is 5.11 Å².